The summed E-state index contributed by atoms with van der Waals surface area (Å²) < 4.78 is 10.9. The highest BCUT2D eigenvalue weighted by atomic mass is 35.5. The van der Waals surface area contributed by atoms with Crippen molar-refractivity contribution in [3.63, 3.8) is 0 Å². The van der Waals surface area contributed by atoms with Crippen LogP contribution < -0.4 is 5.32 Å². The van der Waals surface area contributed by atoms with Crippen LogP contribution in [-0.2, 0) is 9.47 Å². The van der Waals surface area contributed by atoms with Crippen molar-refractivity contribution in [1.82, 2.24) is 0 Å². The molecule has 1 N–H and O–H groups in total. The lowest BCUT2D eigenvalue weighted by Crippen LogP contribution is -2.21. The van der Waals surface area contributed by atoms with E-state index >= 15 is 0 Å². The van der Waals surface area contributed by atoms with Gasteiger partial charge in [-0.25, -0.2) is 0 Å². The molecule has 1 rings (SSSR count). The highest BCUT2D eigenvalue weighted by Gasteiger charge is 2.07. The summed E-state index contributed by atoms with van der Waals surface area (Å²) >= 11 is 11.8. The van der Waals surface area contributed by atoms with E-state index in [2.05, 4.69) is 5.32 Å². The van der Waals surface area contributed by atoms with Crippen molar-refractivity contribution < 1.29 is 9.47 Å². The normalized spacial score (nSPS) is 10.9. The second-order valence-corrected chi connectivity index (χ2v) is 4.50. The molecule has 1 aromatic rings. The Labute approximate surface area is 118 Å². The van der Waals surface area contributed by atoms with Crippen molar-refractivity contribution in [2.45, 2.75) is 26.6 Å². The van der Waals surface area contributed by atoms with Crippen molar-refractivity contribution in [1.29, 1.82) is 0 Å². The van der Waals surface area contributed by atoms with Crippen LogP contribution in [0.4, 0.5) is 5.69 Å². The summed E-state index contributed by atoms with van der Waals surface area (Å²) in [4.78, 5) is 0. The van der Waals surface area contributed by atoms with Gasteiger partial charge in [0, 0.05) is 31.9 Å². The molecular weight excluding hydrogens is 273 g/mol. The van der Waals surface area contributed by atoms with Gasteiger partial charge in [0.05, 0.1) is 10.0 Å². The number of hydrogen-bond acceptors (Lipinski definition) is 3. The molecule has 0 bridgehead atoms. The molecule has 3 nitrogen and oxygen atoms in total. The molecule has 0 aliphatic carbocycles. The summed E-state index contributed by atoms with van der Waals surface area (Å²) in [6, 6.07) is 5.47. The van der Waals surface area contributed by atoms with Gasteiger partial charge in [0.25, 0.3) is 0 Å². The van der Waals surface area contributed by atoms with Crippen molar-refractivity contribution in [2.24, 2.45) is 0 Å². The third kappa shape index (κ3) is 5.44. The number of ether oxygens (including phenoxy) is 2. The zero-order valence-electron chi connectivity index (χ0n) is 10.7. The minimum absolute atomic E-state index is 0.157. The quantitative estimate of drug-likeness (QED) is 0.729. The van der Waals surface area contributed by atoms with E-state index in [-0.39, 0.29) is 6.29 Å². The molecule has 0 spiro atoms. The zero-order valence-corrected chi connectivity index (χ0v) is 12.2. The molecule has 18 heavy (non-hydrogen) atoms. The maximum absolute atomic E-state index is 5.93. The standard InChI is InChI=1S/C13H19Cl2NO2/c1-3-17-13(18-4-2)7-8-16-10-5-6-11(14)12(15)9-10/h5-6,9,13,16H,3-4,7-8H2,1-2H3. The highest BCUT2D eigenvalue weighted by Crippen LogP contribution is 2.24. The minimum Gasteiger partial charge on any atom is -0.385 e. The molecule has 0 unspecified atom stereocenters. The molecule has 0 amide bonds. The fourth-order valence-corrected chi connectivity index (χ4v) is 1.83. The number of halogens is 2. The van der Waals surface area contributed by atoms with Gasteiger partial charge >= 0.3 is 0 Å². The average molecular weight is 292 g/mol. The second kappa shape index (κ2) is 8.59. The number of nitrogens with one attached hydrogen (secondary N) is 1. The Hall–Kier alpha value is -0.480. The first kappa shape index (κ1) is 15.6. The van der Waals surface area contributed by atoms with Crippen LogP contribution in [0.25, 0.3) is 0 Å². The first-order chi connectivity index (χ1) is 8.67. The monoisotopic (exact) mass is 291 g/mol. The summed E-state index contributed by atoms with van der Waals surface area (Å²) in [7, 11) is 0. The Morgan fingerprint density at radius 2 is 1.78 bits per heavy atom. The Morgan fingerprint density at radius 1 is 1.11 bits per heavy atom. The average Bonchev–Trinajstić information content (AvgIpc) is 2.34. The largest absolute Gasteiger partial charge is 0.385 e. The first-order valence-electron chi connectivity index (χ1n) is 6.09. The van der Waals surface area contributed by atoms with Crippen LogP contribution in [0.15, 0.2) is 18.2 Å². The van der Waals surface area contributed by atoms with Gasteiger partial charge in [0.15, 0.2) is 6.29 Å². The number of anilines is 1. The van der Waals surface area contributed by atoms with Crippen LogP contribution in [-0.4, -0.2) is 26.0 Å². The van der Waals surface area contributed by atoms with E-state index in [0.717, 1.165) is 18.7 Å². The Bertz CT molecular complexity index is 355. The Morgan fingerprint density at radius 3 is 2.33 bits per heavy atom. The number of benzene rings is 1. The predicted molar refractivity (Wildman–Crippen MR) is 76.6 cm³/mol. The number of rotatable bonds is 8. The fourth-order valence-electron chi connectivity index (χ4n) is 1.53. The molecule has 0 saturated heterocycles. The maximum atomic E-state index is 5.93. The van der Waals surface area contributed by atoms with E-state index in [1.807, 2.05) is 19.9 Å². The van der Waals surface area contributed by atoms with Crippen molar-refractivity contribution >= 4 is 28.9 Å². The van der Waals surface area contributed by atoms with E-state index in [4.69, 9.17) is 32.7 Å². The van der Waals surface area contributed by atoms with Gasteiger partial charge in [-0.2, -0.15) is 0 Å². The molecule has 0 fully saturated rings. The van der Waals surface area contributed by atoms with E-state index in [1.54, 1.807) is 12.1 Å². The number of hydrogen-bond donors (Lipinski definition) is 1. The predicted octanol–water partition coefficient (Wildman–Crippen LogP) is 4.19. The van der Waals surface area contributed by atoms with Crippen LogP contribution in [0.2, 0.25) is 10.0 Å². The molecule has 1 aromatic carbocycles. The summed E-state index contributed by atoms with van der Waals surface area (Å²) in [5.74, 6) is 0. The highest BCUT2D eigenvalue weighted by molar-refractivity contribution is 6.42. The maximum Gasteiger partial charge on any atom is 0.159 e. The summed E-state index contributed by atoms with van der Waals surface area (Å²) in [6.45, 7) is 5.97. The summed E-state index contributed by atoms with van der Waals surface area (Å²) in [6.07, 6.45) is 0.623. The van der Waals surface area contributed by atoms with Crippen molar-refractivity contribution in [2.75, 3.05) is 25.1 Å². The van der Waals surface area contributed by atoms with Gasteiger partial charge in [-0.05, 0) is 32.0 Å². The molecule has 102 valence electrons. The Balaban J connectivity index is 2.37. The van der Waals surface area contributed by atoms with E-state index in [0.29, 0.717) is 23.3 Å². The SMILES string of the molecule is CCOC(CCNc1ccc(Cl)c(Cl)c1)OCC. The molecule has 0 aliphatic rings. The van der Waals surface area contributed by atoms with Crippen LogP contribution in [0, 0.1) is 0 Å². The minimum atomic E-state index is -0.157. The lowest BCUT2D eigenvalue weighted by Gasteiger charge is -2.17. The second-order valence-electron chi connectivity index (χ2n) is 3.68. The first-order valence-corrected chi connectivity index (χ1v) is 6.85. The van der Waals surface area contributed by atoms with Crippen molar-refractivity contribution in [3.8, 4) is 0 Å². The fraction of sp³-hybridized carbons (Fsp3) is 0.538. The van der Waals surface area contributed by atoms with E-state index in [9.17, 15) is 0 Å². The molecule has 5 heteroatoms. The lowest BCUT2D eigenvalue weighted by molar-refractivity contribution is -0.137. The van der Waals surface area contributed by atoms with Gasteiger partial charge in [0.1, 0.15) is 0 Å². The van der Waals surface area contributed by atoms with Gasteiger partial charge in [0.2, 0.25) is 0 Å². The smallest absolute Gasteiger partial charge is 0.159 e. The zero-order chi connectivity index (χ0) is 13.4. The summed E-state index contributed by atoms with van der Waals surface area (Å²) in [5.41, 5.74) is 0.941. The van der Waals surface area contributed by atoms with Crippen LogP contribution in [0.5, 0.6) is 0 Å². The molecule has 0 radical (unpaired) electrons. The van der Waals surface area contributed by atoms with E-state index in [1.165, 1.54) is 0 Å². The summed E-state index contributed by atoms with van der Waals surface area (Å²) in [5, 5.41) is 4.36. The molecule has 0 atom stereocenters. The topological polar surface area (TPSA) is 30.5 Å². The third-order valence-corrected chi connectivity index (χ3v) is 3.07. The molecule has 0 saturated carbocycles. The van der Waals surface area contributed by atoms with Crippen LogP contribution >= 0.6 is 23.2 Å². The molecule has 0 aliphatic heterocycles. The third-order valence-electron chi connectivity index (χ3n) is 2.33. The lowest BCUT2D eigenvalue weighted by atomic mass is 10.3. The van der Waals surface area contributed by atoms with Crippen LogP contribution in [0.1, 0.15) is 20.3 Å². The molecule has 0 aromatic heterocycles. The van der Waals surface area contributed by atoms with Crippen molar-refractivity contribution in [3.05, 3.63) is 28.2 Å². The van der Waals surface area contributed by atoms with Gasteiger partial charge in [-0.1, -0.05) is 23.2 Å². The molecule has 0 heterocycles. The van der Waals surface area contributed by atoms with Gasteiger partial charge in [-0.3, -0.25) is 0 Å². The van der Waals surface area contributed by atoms with Crippen LogP contribution in [0.3, 0.4) is 0 Å². The molecular formula is C13H19Cl2NO2. The van der Waals surface area contributed by atoms with Gasteiger partial charge in [-0.15, -0.1) is 0 Å². The Kier molecular flexibility index (Phi) is 7.44. The van der Waals surface area contributed by atoms with E-state index < -0.39 is 0 Å². The van der Waals surface area contributed by atoms with Gasteiger partial charge < -0.3 is 14.8 Å².